The number of allylic oxidation sites excluding steroid dienone is 1. The molecule has 2 atom stereocenters. The molecule has 0 bridgehead atoms. The molecule has 0 aromatic carbocycles. The zero-order valence-electron chi connectivity index (χ0n) is 8.19. The van der Waals surface area contributed by atoms with Crippen molar-refractivity contribution in [1.29, 1.82) is 0 Å². The third-order valence-electron chi connectivity index (χ3n) is 2.54. The predicted octanol–water partition coefficient (Wildman–Crippen LogP) is 0.412. The number of amides is 1. The van der Waals surface area contributed by atoms with Gasteiger partial charge in [0.05, 0.1) is 6.61 Å². The second-order valence-corrected chi connectivity index (χ2v) is 3.46. The number of rotatable bonds is 1. The molecule has 14 heavy (non-hydrogen) atoms. The third-order valence-corrected chi connectivity index (χ3v) is 2.54. The lowest BCUT2D eigenvalue weighted by Crippen LogP contribution is -2.48. The summed E-state index contributed by atoms with van der Waals surface area (Å²) in [5, 5.41) is 0. The van der Waals surface area contributed by atoms with E-state index in [1.165, 1.54) is 0 Å². The van der Waals surface area contributed by atoms with Crippen molar-refractivity contribution >= 4 is 6.09 Å². The van der Waals surface area contributed by atoms with E-state index in [1.807, 2.05) is 13.0 Å². The molecule has 0 radical (unpaired) electrons. The molecule has 5 nitrogen and oxygen atoms in total. The lowest BCUT2D eigenvalue weighted by Gasteiger charge is -2.31. The highest BCUT2D eigenvalue weighted by Gasteiger charge is 2.35. The Morgan fingerprint density at radius 3 is 3.36 bits per heavy atom. The highest BCUT2D eigenvalue weighted by Crippen LogP contribution is 2.22. The van der Waals surface area contributed by atoms with Crippen LogP contribution in [0.1, 0.15) is 13.3 Å². The number of ether oxygens (including phenoxy) is 1. The molecule has 0 saturated carbocycles. The van der Waals surface area contributed by atoms with Gasteiger partial charge in [-0.3, -0.25) is 10.3 Å². The Morgan fingerprint density at radius 1 is 1.71 bits per heavy atom. The standard InChI is InChI=1S/C9H15N3O2/c1-2-14-9(13)12-5-3-4-7-6-10-11-8(7)12/h3,5,7-8,10-11H,2,4,6H2,1H3. The summed E-state index contributed by atoms with van der Waals surface area (Å²) in [5.41, 5.74) is 6.12. The van der Waals surface area contributed by atoms with E-state index in [4.69, 9.17) is 4.74 Å². The van der Waals surface area contributed by atoms with Gasteiger partial charge in [0.2, 0.25) is 0 Å². The Kier molecular flexibility index (Phi) is 2.69. The minimum atomic E-state index is -0.283. The van der Waals surface area contributed by atoms with Crippen molar-refractivity contribution in [2.75, 3.05) is 13.2 Å². The number of carbonyl (C=O) groups is 1. The van der Waals surface area contributed by atoms with Crippen molar-refractivity contribution < 1.29 is 9.53 Å². The van der Waals surface area contributed by atoms with Crippen molar-refractivity contribution in [2.45, 2.75) is 19.5 Å². The van der Waals surface area contributed by atoms with Crippen molar-refractivity contribution in [3.63, 3.8) is 0 Å². The third kappa shape index (κ3) is 1.60. The first-order chi connectivity index (χ1) is 6.83. The number of hydrazine groups is 1. The second kappa shape index (κ2) is 3.98. The summed E-state index contributed by atoms with van der Waals surface area (Å²) in [4.78, 5) is 13.1. The zero-order valence-corrected chi connectivity index (χ0v) is 8.19. The molecular formula is C9H15N3O2. The number of carbonyl (C=O) groups excluding carboxylic acids is 1. The summed E-state index contributed by atoms with van der Waals surface area (Å²) in [6.07, 6.45) is 4.56. The average molecular weight is 197 g/mol. The molecule has 1 saturated heterocycles. The van der Waals surface area contributed by atoms with Crippen LogP contribution in [-0.2, 0) is 4.74 Å². The smallest absolute Gasteiger partial charge is 0.415 e. The molecule has 2 aliphatic rings. The quantitative estimate of drug-likeness (QED) is 0.639. The summed E-state index contributed by atoms with van der Waals surface area (Å²) >= 11 is 0. The Balaban J connectivity index is 2.06. The number of hydrogen-bond donors (Lipinski definition) is 2. The van der Waals surface area contributed by atoms with E-state index < -0.39 is 0 Å². The average Bonchev–Trinajstić information content (AvgIpc) is 2.65. The summed E-state index contributed by atoms with van der Waals surface area (Å²) in [6.45, 7) is 3.11. The lowest BCUT2D eigenvalue weighted by molar-refractivity contribution is 0.0943. The van der Waals surface area contributed by atoms with Crippen LogP contribution in [0.3, 0.4) is 0 Å². The maximum absolute atomic E-state index is 11.5. The Bertz CT molecular complexity index is 254. The van der Waals surface area contributed by atoms with Crippen molar-refractivity contribution in [3.05, 3.63) is 12.3 Å². The molecule has 78 valence electrons. The van der Waals surface area contributed by atoms with E-state index >= 15 is 0 Å². The minimum Gasteiger partial charge on any atom is -0.449 e. The van der Waals surface area contributed by atoms with Gasteiger partial charge in [0.1, 0.15) is 6.17 Å². The van der Waals surface area contributed by atoms with Crippen molar-refractivity contribution in [3.8, 4) is 0 Å². The van der Waals surface area contributed by atoms with Crippen LogP contribution >= 0.6 is 0 Å². The van der Waals surface area contributed by atoms with E-state index in [2.05, 4.69) is 10.9 Å². The van der Waals surface area contributed by atoms with Crippen LogP contribution in [0, 0.1) is 5.92 Å². The zero-order chi connectivity index (χ0) is 9.97. The van der Waals surface area contributed by atoms with E-state index in [1.54, 1.807) is 11.1 Å². The van der Waals surface area contributed by atoms with Gasteiger partial charge in [0, 0.05) is 18.7 Å². The Morgan fingerprint density at radius 2 is 2.57 bits per heavy atom. The molecule has 2 rings (SSSR count). The van der Waals surface area contributed by atoms with Crippen LogP contribution in [0.2, 0.25) is 0 Å². The van der Waals surface area contributed by atoms with Crippen molar-refractivity contribution in [1.82, 2.24) is 15.8 Å². The molecule has 2 N–H and O–H groups in total. The van der Waals surface area contributed by atoms with E-state index in [0.29, 0.717) is 12.5 Å². The topological polar surface area (TPSA) is 53.6 Å². The van der Waals surface area contributed by atoms with Gasteiger partial charge >= 0.3 is 6.09 Å². The number of nitrogens with zero attached hydrogens (tertiary/aromatic N) is 1. The molecule has 2 aliphatic heterocycles. The molecule has 5 heteroatoms. The molecule has 1 fully saturated rings. The summed E-state index contributed by atoms with van der Waals surface area (Å²) in [6, 6.07) is 0. The summed E-state index contributed by atoms with van der Waals surface area (Å²) < 4.78 is 4.96. The summed E-state index contributed by atoms with van der Waals surface area (Å²) in [5.74, 6) is 0.449. The van der Waals surface area contributed by atoms with Gasteiger partial charge in [-0.2, -0.15) is 0 Å². The first-order valence-corrected chi connectivity index (χ1v) is 4.93. The molecular weight excluding hydrogens is 182 g/mol. The van der Waals surface area contributed by atoms with Gasteiger partial charge < -0.3 is 4.74 Å². The molecule has 0 aromatic rings. The lowest BCUT2D eigenvalue weighted by atomic mass is 10.0. The first kappa shape index (κ1) is 9.48. The van der Waals surface area contributed by atoms with Gasteiger partial charge in [0.25, 0.3) is 0 Å². The number of nitrogens with one attached hydrogen (secondary N) is 2. The van der Waals surface area contributed by atoms with Gasteiger partial charge in [0.15, 0.2) is 0 Å². The fourth-order valence-corrected chi connectivity index (χ4v) is 1.85. The SMILES string of the molecule is CCOC(=O)N1C=CCC2CNNC21. The van der Waals surface area contributed by atoms with E-state index in [-0.39, 0.29) is 12.3 Å². The Labute approximate surface area is 83.1 Å². The van der Waals surface area contributed by atoms with Crippen LogP contribution in [0.5, 0.6) is 0 Å². The molecule has 0 spiro atoms. The predicted molar refractivity (Wildman–Crippen MR) is 51.0 cm³/mol. The maximum atomic E-state index is 11.5. The number of fused-ring (bicyclic) bond motifs is 1. The maximum Gasteiger partial charge on any atom is 0.415 e. The van der Waals surface area contributed by atoms with Crippen LogP contribution < -0.4 is 10.9 Å². The second-order valence-electron chi connectivity index (χ2n) is 3.46. The molecule has 0 aliphatic carbocycles. The minimum absolute atomic E-state index is 0.0408. The monoisotopic (exact) mass is 197 g/mol. The highest BCUT2D eigenvalue weighted by atomic mass is 16.6. The normalized spacial score (nSPS) is 30.2. The van der Waals surface area contributed by atoms with Crippen LogP contribution in [-0.4, -0.2) is 30.3 Å². The molecule has 2 heterocycles. The number of hydrogen-bond acceptors (Lipinski definition) is 4. The van der Waals surface area contributed by atoms with Gasteiger partial charge in [-0.1, -0.05) is 6.08 Å². The summed E-state index contributed by atoms with van der Waals surface area (Å²) in [7, 11) is 0. The van der Waals surface area contributed by atoms with Gasteiger partial charge in [-0.05, 0) is 13.3 Å². The molecule has 2 unspecified atom stereocenters. The van der Waals surface area contributed by atoms with Crippen molar-refractivity contribution in [2.24, 2.45) is 5.92 Å². The van der Waals surface area contributed by atoms with Gasteiger partial charge in [-0.25, -0.2) is 10.2 Å². The fraction of sp³-hybridized carbons (Fsp3) is 0.667. The van der Waals surface area contributed by atoms with Crippen LogP contribution in [0.4, 0.5) is 4.79 Å². The molecule has 1 amide bonds. The van der Waals surface area contributed by atoms with E-state index in [9.17, 15) is 4.79 Å². The van der Waals surface area contributed by atoms with Crippen LogP contribution in [0.25, 0.3) is 0 Å². The largest absolute Gasteiger partial charge is 0.449 e. The van der Waals surface area contributed by atoms with Gasteiger partial charge in [-0.15, -0.1) is 0 Å². The first-order valence-electron chi connectivity index (χ1n) is 4.93. The van der Waals surface area contributed by atoms with E-state index in [0.717, 1.165) is 13.0 Å². The highest BCUT2D eigenvalue weighted by molar-refractivity contribution is 5.69. The Hall–Kier alpha value is -1.07. The molecule has 0 aromatic heterocycles. The van der Waals surface area contributed by atoms with Crippen LogP contribution in [0.15, 0.2) is 12.3 Å². The fourth-order valence-electron chi connectivity index (χ4n) is 1.85.